The molecule has 0 bridgehead atoms. The number of hydrogen-bond donors (Lipinski definition) is 0. The first-order valence-corrected chi connectivity index (χ1v) is 14.4. The summed E-state index contributed by atoms with van der Waals surface area (Å²) in [7, 11) is -3.73. The largest absolute Gasteiger partial charge is 0.345 e. The standard InChI is InChI=1S/C22H25ClN4O3S3/c1-14-12-15(2)20-17(13-14)31-22(24-20)26-10-8-25(9-11-26)21(28)16-4-3-7-27(16)33(29,30)19-6-5-18(23)32-19/h5-6,12-13,16H,3-4,7-11H2,1-2H3. The van der Waals surface area contributed by atoms with Gasteiger partial charge in [-0.25, -0.2) is 13.4 Å². The van der Waals surface area contributed by atoms with Crippen LogP contribution in [0.3, 0.4) is 0 Å². The highest BCUT2D eigenvalue weighted by atomic mass is 35.5. The highest BCUT2D eigenvalue weighted by Gasteiger charge is 2.42. The van der Waals surface area contributed by atoms with E-state index in [0.717, 1.165) is 22.0 Å². The first-order chi connectivity index (χ1) is 15.7. The van der Waals surface area contributed by atoms with Crippen LogP contribution in [0.25, 0.3) is 10.2 Å². The average molecular weight is 525 g/mol. The second-order valence-electron chi connectivity index (χ2n) is 8.57. The van der Waals surface area contributed by atoms with Crippen molar-refractivity contribution in [2.24, 2.45) is 0 Å². The molecular formula is C22H25ClN4O3S3. The highest BCUT2D eigenvalue weighted by Crippen LogP contribution is 2.34. The predicted molar refractivity (Wildman–Crippen MR) is 134 cm³/mol. The second kappa shape index (κ2) is 8.81. The lowest BCUT2D eigenvalue weighted by Crippen LogP contribution is -2.54. The van der Waals surface area contributed by atoms with Crippen LogP contribution in [0.1, 0.15) is 24.0 Å². The molecule has 2 aliphatic heterocycles. The number of hydrogen-bond acceptors (Lipinski definition) is 7. The van der Waals surface area contributed by atoms with E-state index in [2.05, 4.69) is 30.9 Å². The number of aromatic nitrogens is 1. The number of carbonyl (C=O) groups is 1. The lowest BCUT2D eigenvalue weighted by atomic mass is 10.1. The molecule has 0 N–H and O–H groups in total. The number of amides is 1. The van der Waals surface area contributed by atoms with Crippen LogP contribution >= 0.6 is 34.3 Å². The number of aryl methyl sites for hydroxylation is 2. The molecule has 1 unspecified atom stereocenters. The molecule has 11 heteroatoms. The predicted octanol–water partition coefficient (Wildman–Crippen LogP) is 4.13. The third-order valence-corrected chi connectivity index (χ3v) is 11.0. The Kier molecular flexibility index (Phi) is 6.15. The summed E-state index contributed by atoms with van der Waals surface area (Å²) in [5.74, 6) is -0.103. The normalized spacial score (nSPS) is 20.2. The third kappa shape index (κ3) is 4.27. The maximum atomic E-state index is 13.3. The minimum atomic E-state index is -3.73. The van der Waals surface area contributed by atoms with Crippen molar-refractivity contribution in [2.75, 3.05) is 37.6 Å². The Morgan fingerprint density at radius 2 is 1.85 bits per heavy atom. The molecule has 0 aliphatic carbocycles. The fourth-order valence-corrected chi connectivity index (χ4v) is 9.11. The number of carbonyl (C=O) groups excluding carboxylic acids is 1. The van der Waals surface area contributed by atoms with E-state index in [1.807, 2.05) is 0 Å². The van der Waals surface area contributed by atoms with Crippen LogP contribution in [0.4, 0.5) is 5.13 Å². The van der Waals surface area contributed by atoms with Crippen LogP contribution in [0, 0.1) is 13.8 Å². The maximum Gasteiger partial charge on any atom is 0.253 e. The number of sulfonamides is 1. The van der Waals surface area contributed by atoms with Crippen molar-refractivity contribution in [3.63, 3.8) is 0 Å². The zero-order chi connectivity index (χ0) is 23.3. The van der Waals surface area contributed by atoms with Gasteiger partial charge in [-0.05, 0) is 56.0 Å². The number of fused-ring (bicyclic) bond motifs is 1. The number of halogens is 1. The Morgan fingerprint density at radius 3 is 2.55 bits per heavy atom. The monoisotopic (exact) mass is 524 g/mol. The Balaban J connectivity index is 1.28. The molecule has 1 amide bonds. The molecule has 2 aliphatic rings. The number of anilines is 1. The van der Waals surface area contributed by atoms with Crippen molar-refractivity contribution in [1.82, 2.24) is 14.2 Å². The van der Waals surface area contributed by atoms with E-state index in [1.54, 1.807) is 22.3 Å². The molecule has 33 heavy (non-hydrogen) atoms. The number of thiazole rings is 1. The summed E-state index contributed by atoms with van der Waals surface area (Å²) in [6, 6.07) is 6.77. The van der Waals surface area contributed by atoms with Gasteiger partial charge in [0.05, 0.1) is 14.6 Å². The molecule has 1 atom stereocenters. The molecule has 2 saturated heterocycles. The highest BCUT2D eigenvalue weighted by molar-refractivity contribution is 7.91. The van der Waals surface area contributed by atoms with Gasteiger partial charge in [-0.1, -0.05) is 29.0 Å². The van der Waals surface area contributed by atoms with Crippen molar-refractivity contribution < 1.29 is 13.2 Å². The van der Waals surface area contributed by atoms with Gasteiger partial charge in [-0.15, -0.1) is 11.3 Å². The van der Waals surface area contributed by atoms with Crippen LogP contribution in [0.15, 0.2) is 28.5 Å². The Labute approximate surface area is 206 Å². The SMILES string of the molecule is Cc1cc(C)c2nc(N3CCN(C(=O)C4CCCN4S(=O)(=O)c4ccc(Cl)s4)CC3)sc2c1. The van der Waals surface area contributed by atoms with Crippen LogP contribution in [0.5, 0.6) is 0 Å². The van der Waals surface area contributed by atoms with Crippen LogP contribution in [-0.4, -0.2) is 67.3 Å². The second-order valence-corrected chi connectivity index (χ2v) is 13.4. The van der Waals surface area contributed by atoms with Crippen molar-refractivity contribution in [2.45, 2.75) is 36.9 Å². The zero-order valence-corrected chi connectivity index (χ0v) is 21.7. The molecule has 0 spiro atoms. The first kappa shape index (κ1) is 23.0. The van der Waals surface area contributed by atoms with Gasteiger partial charge in [0.2, 0.25) is 5.91 Å². The fraction of sp³-hybridized carbons (Fsp3) is 0.455. The molecular weight excluding hydrogens is 500 g/mol. The van der Waals surface area contributed by atoms with Gasteiger partial charge >= 0.3 is 0 Å². The van der Waals surface area contributed by atoms with E-state index >= 15 is 0 Å². The average Bonchev–Trinajstić information content (AvgIpc) is 3.52. The fourth-order valence-electron chi connectivity index (χ4n) is 4.65. The number of piperazine rings is 1. The molecule has 0 saturated carbocycles. The van der Waals surface area contributed by atoms with Crippen molar-refractivity contribution >= 4 is 65.6 Å². The number of thiophene rings is 1. The molecule has 176 valence electrons. The van der Waals surface area contributed by atoms with Crippen LogP contribution < -0.4 is 4.90 Å². The van der Waals surface area contributed by atoms with Crippen LogP contribution in [0.2, 0.25) is 4.34 Å². The van der Waals surface area contributed by atoms with E-state index < -0.39 is 16.1 Å². The van der Waals surface area contributed by atoms with Gasteiger partial charge in [-0.3, -0.25) is 4.79 Å². The molecule has 2 fully saturated rings. The van der Waals surface area contributed by atoms with Gasteiger partial charge in [0.25, 0.3) is 10.0 Å². The van der Waals surface area contributed by atoms with E-state index in [4.69, 9.17) is 16.6 Å². The lowest BCUT2D eigenvalue weighted by molar-refractivity contribution is -0.134. The Morgan fingerprint density at radius 1 is 1.09 bits per heavy atom. The summed E-state index contributed by atoms with van der Waals surface area (Å²) in [6.07, 6.45) is 1.23. The van der Waals surface area contributed by atoms with E-state index in [-0.39, 0.29) is 10.1 Å². The number of nitrogens with zero attached hydrogens (tertiary/aromatic N) is 4. The number of rotatable bonds is 4. The maximum absolute atomic E-state index is 13.3. The molecule has 3 aromatic rings. The minimum absolute atomic E-state index is 0.103. The molecule has 2 aromatic heterocycles. The first-order valence-electron chi connectivity index (χ1n) is 10.9. The molecule has 0 radical (unpaired) electrons. The van der Waals surface area contributed by atoms with Crippen molar-refractivity contribution in [3.05, 3.63) is 39.7 Å². The lowest BCUT2D eigenvalue weighted by Gasteiger charge is -2.37. The quantitative estimate of drug-likeness (QED) is 0.513. The topological polar surface area (TPSA) is 73.8 Å². The van der Waals surface area contributed by atoms with Gasteiger partial charge in [0, 0.05) is 32.7 Å². The van der Waals surface area contributed by atoms with Gasteiger partial charge in [0.1, 0.15) is 10.3 Å². The molecule has 4 heterocycles. The summed E-state index contributed by atoms with van der Waals surface area (Å²) >= 11 is 8.67. The summed E-state index contributed by atoms with van der Waals surface area (Å²) in [5, 5.41) is 0.977. The molecule has 7 nitrogen and oxygen atoms in total. The van der Waals surface area contributed by atoms with Gasteiger partial charge < -0.3 is 9.80 Å². The summed E-state index contributed by atoms with van der Waals surface area (Å²) < 4.78 is 29.4. The zero-order valence-electron chi connectivity index (χ0n) is 18.5. The van der Waals surface area contributed by atoms with Crippen LogP contribution in [-0.2, 0) is 14.8 Å². The van der Waals surface area contributed by atoms with E-state index in [9.17, 15) is 13.2 Å². The smallest absolute Gasteiger partial charge is 0.253 e. The van der Waals surface area contributed by atoms with Gasteiger partial charge in [0.15, 0.2) is 5.13 Å². The van der Waals surface area contributed by atoms with Crippen molar-refractivity contribution in [1.29, 1.82) is 0 Å². The summed E-state index contributed by atoms with van der Waals surface area (Å²) in [4.78, 5) is 22.2. The number of benzene rings is 1. The van der Waals surface area contributed by atoms with E-state index in [0.29, 0.717) is 49.9 Å². The Hall–Kier alpha value is -1.72. The third-order valence-electron chi connectivity index (χ3n) is 6.28. The van der Waals surface area contributed by atoms with Crippen molar-refractivity contribution in [3.8, 4) is 0 Å². The van der Waals surface area contributed by atoms with Gasteiger partial charge in [-0.2, -0.15) is 4.31 Å². The summed E-state index contributed by atoms with van der Waals surface area (Å²) in [6.45, 7) is 7.02. The Bertz CT molecular complexity index is 1310. The minimum Gasteiger partial charge on any atom is -0.345 e. The molecule has 5 rings (SSSR count). The summed E-state index contributed by atoms with van der Waals surface area (Å²) in [5.41, 5.74) is 3.45. The van der Waals surface area contributed by atoms with E-state index in [1.165, 1.54) is 26.2 Å². The molecule has 1 aromatic carbocycles.